The molecule has 16 heavy (non-hydrogen) atoms. The smallest absolute Gasteiger partial charge is 0.0700 e. The van der Waals surface area contributed by atoms with Crippen molar-refractivity contribution in [2.24, 2.45) is 5.92 Å². The van der Waals surface area contributed by atoms with Gasteiger partial charge in [0.2, 0.25) is 0 Å². The lowest BCUT2D eigenvalue weighted by atomic mass is 9.71. The number of nitrogens with zero attached hydrogens (tertiary/aromatic N) is 1. The van der Waals surface area contributed by atoms with Crippen LogP contribution in [0.1, 0.15) is 32.1 Å². The minimum atomic E-state index is -0.397. The second-order valence-electron chi connectivity index (χ2n) is 5.09. The third-order valence-corrected chi connectivity index (χ3v) is 4.61. The van der Waals surface area contributed by atoms with Crippen molar-refractivity contribution >= 4 is 23.2 Å². The van der Waals surface area contributed by atoms with E-state index in [0.29, 0.717) is 11.0 Å². The van der Waals surface area contributed by atoms with Gasteiger partial charge in [0, 0.05) is 36.1 Å². The van der Waals surface area contributed by atoms with Crippen LogP contribution in [0.25, 0.3) is 0 Å². The predicted octanol–water partition coefficient (Wildman–Crippen LogP) is 2.93. The van der Waals surface area contributed by atoms with Crippen LogP contribution in [-0.4, -0.2) is 35.2 Å². The van der Waals surface area contributed by atoms with Crippen LogP contribution in [0, 0.1) is 5.92 Å². The van der Waals surface area contributed by atoms with E-state index in [1.165, 1.54) is 18.4 Å². The molecule has 1 aliphatic heterocycles. The summed E-state index contributed by atoms with van der Waals surface area (Å²) in [4.78, 5) is 2.30. The molecule has 2 aliphatic rings. The fraction of sp³-hybridized carbons (Fsp3) is 0.833. The quantitative estimate of drug-likeness (QED) is 0.829. The number of halogens is 2. The number of aliphatic hydroxyl groups is 1. The molecule has 2 unspecified atom stereocenters. The van der Waals surface area contributed by atoms with Crippen molar-refractivity contribution in [2.75, 3.05) is 19.6 Å². The largest absolute Gasteiger partial charge is 0.390 e. The maximum Gasteiger partial charge on any atom is 0.0700 e. The molecule has 1 saturated carbocycles. The lowest BCUT2D eigenvalue weighted by molar-refractivity contribution is -0.0935. The lowest BCUT2D eigenvalue weighted by Crippen LogP contribution is -2.53. The summed E-state index contributed by atoms with van der Waals surface area (Å²) >= 11 is 11.5. The molecule has 0 aromatic rings. The van der Waals surface area contributed by atoms with Crippen molar-refractivity contribution in [3.63, 3.8) is 0 Å². The molecule has 2 rings (SSSR count). The number of likely N-dealkylation sites (tertiary alicyclic amines) is 1. The molecule has 2 nitrogen and oxygen atoms in total. The molecule has 1 saturated heterocycles. The van der Waals surface area contributed by atoms with Crippen molar-refractivity contribution in [3.05, 3.63) is 10.6 Å². The first-order valence-corrected chi connectivity index (χ1v) is 6.85. The van der Waals surface area contributed by atoms with Gasteiger partial charge in [-0.1, -0.05) is 36.0 Å². The van der Waals surface area contributed by atoms with Gasteiger partial charge < -0.3 is 5.11 Å². The maximum atomic E-state index is 10.5. The minimum absolute atomic E-state index is 0.397. The predicted molar refractivity (Wildman–Crippen MR) is 67.8 cm³/mol. The standard InChI is InChI=1S/C12H19Cl2NO/c13-7-11(14)9-15-6-5-12(16)4-2-1-3-10(12)8-15/h7,10,16H,1-6,8-9H2. The summed E-state index contributed by atoms with van der Waals surface area (Å²) in [6.07, 6.45) is 5.43. The van der Waals surface area contributed by atoms with Crippen LogP contribution < -0.4 is 0 Å². The van der Waals surface area contributed by atoms with Crippen LogP contribution >= 0.6 is 23.2 Å². The zero-order chi connectivity index (χ0) is 11.6. The molecule has 0 aromatic carbocycles. The highest BCUT2D eigenvalue weighted by Gasteiger charge is 2.42. The van der Waals surface area contributed by atoms with Gasteiger partial charge in [0.25, 0.3) is 0 Å². The molecule has 1 aliphatic carbocycles. The SMILES string of the molecule is OC12CCCCC1CN(CC(Cl)=CCl)CC2. The van der Waals surface area contributed by atoms with Crippen LogP contribution in [0.3, 0.4) is 0 Å². The van der Waals surface area contributed by atoms with E-state index in [1.807, 2.05) is 0 Å². The Hall–Kier alpha value is 0.240. The second-order valence-corrected chi connectivity index (χ2v) is 5.79. The molecule has 4 heteroatoms. The molecule has 0 radical (unpaired) electrons. The molecule has 2 fully saturated rings. The number of fused-ring (bicyclic) bond motifs is 1. The van der Waals surface area contributed by atoms with Crippen LogP contribution in [0.2, 0.25) is 0 Å². The minimum Gasteiger partial charge on any atom is -0.390 e. The van der Waals surface area contributed by atoms with Gasteiger partial charge in [-0.2, -0.15) is 0 Å². The highest BCUT2D eigenvalue weighted by atomic mass is 35.5. The number of piperidine rings is 1. The summed E-state index contributed by atoms with van der Waals surface area (Å²) in [6.45, 7) is 2.60. The molecular formula is C12H19Cl2NO. The van der Waals surface area contributed by atoms with E-state index in [0.717, 1.165) is 38.9 Å². The third-order valence-electron chi connectivity index (χ3n) is 4.00. The second kappa shape index (κ2) is 5.26. The van der Waals surface area contributed by atoms with E-state index >= 15 is 0 Å². The normalized spacial score (nSPS) is 37.2. The van der Waals surface area contributed by atoms with Crippen molar-refractivity contribution in [3.8, 4) is 0 Å². The first kappa shape index (κ1) is 12.7. The molecule has 0 spiro atoms. The van der Waals surface area contributed by atoms with Crippen molar-refractivity contribution in [2.45, 2.75) is 37.7 Å². The zero-order valence-electron chi connectivity index (χ0n) is 9.46. The Labute approximate surface area is 107 Å². The topological polar surface area (TPSA) is 23.5 Å². The summed E-state index contributed by atoms with van der Waals surface area (Å²) < 4.78 is 0. The van der Waals surface area contributed by atoms with Gasteiger partial charge in [-0.3, -0.25) is 4.90 Å². The van der Waals surface area contributed by atoms with Crippen LogP contribution in [0.15, 0.2) is 10.6 Å². The molecule has 92 valence electrons. The van der Waals surface area contributed by atoms with Crippen LogP contribution in [0.5, 0.6) is 0 Å². The Kier molecular flexibility index (Phi) is 4.17. The molecular weight excluding hydrogens is 245 g/mol. The molecule has 1 heterocycles. The Morgan fingerprint density at radius 2 is 2.25 bits per heavy atom. The van der Waals surface area contributed by atoms with Gasteiger partial charge in [-0.05, 0) is 19.3 Å². The first-order valence-electron chi connectivity index (χ1n) is 6.03. The maximum absolute atomic E-state index is 10.5. The Balaban J connectivity index is 1.94. The average Bonchev–Trinajstić information content (AvgIpc) is 2.29. The van der Waals surface area contributed by atoms with Gasteiger partial charge >= 0.3 is 0 Å². The van der Waals surface area contributed by atoms with E-state index in [-0.39, 0.29) is 0 Å². The molecule has 1 N–H and O–H groups in total. The van der Waals surface area contributed by atoms with Gasteiger partial charge in [0.1, 0.15) is 0 Å². The van der Waals surface area contributed by atoms with Crippen molar-refractivity contribution in [1.29, 1.82) is 0 Å². The summed E-state index contributed by atoms with van der Waals surface area (Å²) in [5.41, 5.74) is 1.04. The van der Waals surface area contributed by atoms with Crippen LogP contribution in [0.4, 0.5) is 0 Å². The Bertz CT molecular complexity index is 282. The van der Waals surface area contributed by atoms with E-state index < -0.39 is 5.60 Å². The number of hydrogen-bond donors (Lipinski definition) is 1. The summed E-state index contributed by atoms with van der Waals surface area (Å²) in [5, 5.41) is 11.2. The Morgan fingerprint density at radius 1 is 1.44 bits per heavy atom. The third kappa shape index (κ3) is 2.73. The molecule has 0 aromatic heterocycles. The fourth-order valence-electron chi connectivity index (χ4n) is 3.03. The summed E-state index contributed by atoms with van der Waals surface area (Å²) in [6, 6.07) is 0. The van der Waals surface area contributed by atoms with Crippen molar-refractivity contribution < 1.29 is 5.11 Å². The monoisotopic (exact) mass is 263 g/mol. The van der Waals surface area contributed by atoms with Gasteiger partial charge in [0.05, 0.1) is 5.60 Å². The van der Waals surface area contributed by atoms with E-state index in [9.17, 15) is 5.11 Å². The van der Waals surface area contributed by atoms with Crippen LogP contribution in [-0.2, 0) is 0 Å². The average molecular weight is 264 g/mol. The first-order chi connectivity index (χ1) is 7.64. The van der Waals surface area contributed by atoms with Gasteiger partial charge in [-0.15, -0.1) is 0 Å². The highest BCUT2D eigenvalue weighted by Crippen LogP contribution is 2.39. The molecule has 0 amide bonds. The highest BCUT2D eigenvalue weighted by molar-refractivity contribution is 6.36. The van der Waals surface area contributed by atoms with E-state index in [4.69, 9.17) is 23.2 Å². The van der Waals surface area contributed by atoms with Gasteiger partial charge in [0.15, 0.2) is 0 Å². The summed E-state index contributed by atoms with van der Waals surface area (Å²) in [5.74, 6) is 0.426. The molecule has 0 bridgehead atoms. The zero-order valence-corrected chi connectivity index (χ0v) is 11.0. The molecule has 2 atom stereocenters. The summed E-state index contributed by atoms with van der Waals surface area (Å²) in [7, 11) is 0. The number of hydrogen-bond acceptors (Lipinski definition) is 2. The van der Waals surface area contributed by atoms with Crippen molar-refractivity contribution in [1.82, 2.24) is 4.90 Å². The number of rotatable bonds is 2. The van der Waals surface area contributed by atoms with E-state index in [2.05, 4.69) is 4.90 Å². The van der Waals surface area contributed by atoms with E-state index in [1.54, 1.807) is 0 Å². The fourth-order valence-corrected chi connectivity index (χ4v) is 3.27. The Morgan fingerprint density at radius 3 is 3.00 bits per heavy atom. The van der Waals surface area contributed by atoms with Gasteiger partial charge in [-0.25, -0.2) is 0 Å². The lowest BCUT2D eigenvalue weighted by Gasteiger charge is -2.47.